The molecule has 2 nitrogen and oxygen atoms in total. The van der Waals surface area contributed by atoms with Crippen molar-refractivity contribution in [2.75, 3.05) is 0 Å². The molecule has 132 valence electrons. The average molecular weight is 350 g/mol. The van der Waals surface area contributed by atoms with Gasteiger partial charge in [-0.1, -0.05) is 48.5 Å². The lowest BCUT2D eigenvalue weighted by Gasteiger charge is -2.12. The zero-order chi connectivity index (χ0) is 18.5. The van der Waals surface area contributed by atoms with Crippen LogP contribution in [0, 0.1) is 6.92 Å². The number of para-hydroxylation sites is 2. The number of benzene rings is 3. The van der Waals surface area contributed by atoms with E-state index in [-0.39, 0.29) is 0 Å². The average Bonchev–Trinajstić information content (AvgIpc) is 3.16. The Morgan fingerprint density at radius 2 is 1.41 bits per heavy atom. The number of rotatable bonds is 2. The van der Waals surface area contributed by atoms with Crippen molar-refractivity contribution >= 4 is 38.8 Å². The second-order valence-corrected chi connectivity index (χ2v) is 7.11. The molecule has 2 heteroatoms. The van der Waals surface area contributed by atoms with Crippen LogP contribution in [0.4, 0.5) is 0 Å². The molecule has 0 aliphatic rings. The predicted molar refractivity (Wildman–Crippen MR) is 117 cm³/mol. The van der Waals surface area contributed by atoms with Gasteiger partial charge in [0.1, 0.15) is 0 Å². The molecule has 0 amide bonds. The maximum Gasteiger partial charge on any atom is 0.0562 e. The smallest absolute Gasteiger partial charge is 0.0562 e. The third kappa shape index (κ3) is 2.13. The van der Waals surface area contributed by atoms with Gasteiger partial charge >= 0.3 is 0 Å². The lowest BCUT2D eigenvalue weighted by molar-refractivity contribution is 1.01. The summed E-state index contributed by atoms with van der Waals surface area (Å²) in [5.41, 5.74) is 7.58. The van der Waals surface area contributed by atoms with Gasteiger partial charge in [-0.15, -0.1) is 0 Å². The Bertz CT molecular complexity index is 1350. The fourth-order valence-electron chi connectivity index (χ4n) is 4.42. The summed E-state index contributed by atoms with van der Waals surface area (Å²) >= 11 is 0. The van der Waals surface area contributed by atoms with Gasteiger partial charge < -0.3 is 9.13 Å². The molecular weight excluding hydrogens is 328 g/mol. The van der Waals surface area contributed by atoms with E-state index in [9.17, 15) is 0 Å². The van der Waals surface area contributed by atoms with Crippen LogP contribution in [0.3, 0.4) is 0 Å². The van der Waals surface area contributed by atoms with Crippen LogP contribution in [-0.4, -0.2) is 9.13 Å². The molecule has 0 atom stereocenters. The molecule has 27 heavy (non-hydrogen) atoms. The maximum absolute atomic E-state index is 2.42. The molecular formula is C25H22N2. The minimum Gasteiger partial charge on any atom is -0.344 e. The van der Waals surface area contributed by atoms with Crippen LogP contribution in [-0.2, 0) is 7.05 Å². The van der Waals surface area contributed by atoms with Crippen molar-refractivity contribution in [3.63, 3.8) is 0 Å². The van der Waals surface area contributed by atoms with Gasteiger partial charge in [-0.05, 0) is 49.8 Å². The van der Waals surface area contributed by atoms with Crippen molar-refractivity contribution in [1.29, 1.82) is 0 Å². The van der Waals surface area contributed by atoms with Crippen LogP contribution in [0.25, 0.3) is 44.5 Å². The summed E-state index contributed by atoms with van der Waals surface area (Å²) in [5, 5.41) is 3.91. The van der Waals surface area contributed by atoms with Gasteiger partial charge in [0.15, 0.2) is 0 Å². The fourth-order valence-corrected chi connectivity index (χ4v) is 4.42. The van der Waals surface area contributed by atoms with Crippen molar-refractivity contribution in [3.05, 3.63) is 84.1 Å². The molecule has 0 aliphatic heterocycles. The first-order chi connectivity index (χ1) is 13.2. The Balaban J connectivity index is 2.02. The van der Waals surface area contributed by atoms with Crippen LogP contribution in [0.1, 0.15) is 18.2 Å². The molecule has 0 bridgehead atoms. The van der Waals surface area contributed by atoms with Crippen molar-refractivity contribution in [2.45, 2.75) is 13.8 Å². The zero-order valence-corrected chi connectivity index (χ0v) is 15.9. The lowest BCUT2D eigenvalue weighted by Crippen LogP contribution is -1.98. The summed E-state index contributed by atoms with van der Waals surface area (Å²) in [5.74, 6) is 0. The SMILES string of the molecule is C/C=C\c1c(C)c2ccccc2n1-c1cccc2c1c1ccccc1n2C. The summed E-state index contributed by atoms with van der Waals surface area (Å²) in [6, 6.07) is 24.0. The van der Waals surface area contributed by atoms with Crippen LogP contribution in [0.2, 0.25) is 0 Å². The Labute approximate surface area is 159 Å². The Hall–Kier alpha value is -3.26. The van der Waals surface area contributed by atoms with E-state index in [1.165, 1.54) is 49.7 Å². The Morgan fingerprint density at radius 3 is 2.19 bits per heavy atom. The van der Waals surface area contributed by atoms with Gasteiger partial charge in [-0.25, -0.2) is 0 Å². The summed E-state index contributed by atoms with van der Waals surface area (Å²) in [6.07, 6.45) is 4.35. The largest absolute Gasteiger partial charge is 0.344 e. The maximum atomic E-state index is 2.42. The molecule has 0 fully saturated rings. The predicted octanol–water partition coefficient (Wildman–Crippen LogP) is 6.62. The normalized spacial score (nSPS) is 12.1. The monoisotopic (exact) mass is 350 g/mol. The van der Waals surface area contributed by atoms with E-state index < -0.39 is 0 Å². The molecule has 2 aromatic heterocycles. The molecule has 2 heterocycles. The Kier molecular flexibility index (Phi) is 3.48. The summed E-state index contributed by atoms with van der Waals surface area (Å²) < 4.78 is 4.71. The first-order valence-electron chi connectivity index (χ1n) is 9.41. The number of aromatic nitrogens is 2. The Morgan fingerprint density at radius 1 is 0.741 bits per heavy atom. The molecule has 5 aromatic rings. The van der Waals surface area contributed by atoms with Crippen LogP contribution in [0.15, 0.2) is 72.8 Å². The van der Waals surface area contributed by atoms with E-state index in [1.54, 1.807) is 0 Å². The van der Waals surface area contributed by atoms with Gasteiger partial charge in [0, 0.05) is 34.4 Å². The summed E-state index contributed by atoms with van der Waals surface area (Å²) in [4.78, 5) is 0. The second-order valence-electron chi connectivity index (χ2n) is 7.11. The van der Waals surface area contributed by atoms with E-state index in [0.29, 0.717) is 0 Å². The van der Waals surface area contributed by atoms with Gasteiger partial charge in [0.05, 0.1) is 16.7 Å². The molecule has 0 N–H and O–H groups in total. The van der Waals surface area contributed by atoms with Gasteiger partial charge in [-0.3, -0.25) is 0 Å². The molecule has 0 spiro atoms. The third-order valence-electron chi connectivity index (χ3n) is 5.66. The van der Waals surface area contributed by atoms with Gasteiger partial charge in [-0.2, -0.15) is 0 Å². The van der Waals surface area contributed by atoms with E-state index in [0.717, 1.165) is 0 Å². The first kappa shape index (κ1) is 16.0. The molecule has 0 radical (unpaired) electrons. The van der Waals surface area contributed by atoms with Gasteiger partial charge in [0.2, 0.25) is 0 Å². The summed E-state index contributed by atoms with van der Waals surface area (Å²) in [6.45, 7) is 4.30. The highest BCUT2D eigenvalue weighted by Crippen LogP contribution is 2.37. The molecule has 0 saturated heterocycles. The highest BCUT2D eigenvalue weighted by Gasteiger charge is 2.18. The second kappa shape index (κ2) is 5.88. The van der Waals surface area contributed by atoms with Crippen molar-refractivity contribution in [2.24, 2.45) is 7.05 Å². The molecule has 5 rings (SSSR count). The van der Waals surface area contributed by atoms with E-state index in [2.05, 4.69) is 109 Å². The minimum absolute atomic E-state index is 1.24. The summed E-state index contributed by atoms with van der Waals surface area (Å²) in [7, 11) is 2.15. The highest BCUT2D eigenvalue weighted by molar-refractivity contribution is 6.12. The van der Waals surface area contributed by atoms with E-state index in [1.807, 2.05) is 0 Å². The molecule has 0 aliphatic carbocycles. The van der Waals surface area contributed by atoms with Crippen molar-refractivity contribution < 1.29 is 0 Å². The van der Waals surface area contributed by atoms with Gasteiger partial charge in [0.25, 0.3) is 0 Å². The minimum atomic E-state index is 1.24. The number of nitrogens with zero attached hydrogens (tertiary/aromatic N) is 2. The van der Waals surface area contributed by atoms with E-state index >= 15 is 0 Å². The number of fused-ring (bicyclic) bond motifs is 4. The number of aryl methyl sites for hydroxylation is 2. The molecule has 0 saturated carbocycles. The molecule has 3 aromatic carbocycles. The van der Waals surface area contributed by atoms with Crippen LogP contribution in [0.5, 0.6) is 0 Å². The third-order valence-corrected chi connectivity index (χ3v) is 5.66. The number of hydrogen-bond donors (Lipinski definition) is 0. The van der Waals surface area contributed by atoms with E-state index in [4.69, 9.17) is 0 Å². The highest BCUT2D eigenvalue weighted by atomic mass is 15.0. The number of allylic oxidation sites excluding steroid dienone is 1. The fraction of sp³-hybridized carbons (Fsp3) is 0.120. The number of hydrogen-bond acceptors (Lipinski definition) is 0. The van der Waals surface area contributed by atoms with Crippen LogP contribution >= 0.6 is 0 Å². The molecule has 0 unspecified atom stereocenters. The van der Waals surface area contributed by atoms with Crippen molar-refractivity contribution in [3.8, 4) is 5.69 Å². The first-order valence-corrected chi connectivity index (χ1v) is 9.41. The topological polar surface area (TPSA) is 9.86 Å². The standard InChI is InChI=1S/C25H22N2/c1-4-10-20-17(2)18-11-5-8-14-22(18)27(20)24-16-9-15-23-25(24)19-12-6-7-13-21(19)26(23)3/h4-16H,1-3H3/b10-4-. The van der Waals surface area contributed by atoms with Crippen molar-refractivity contribution in [1.82, 2.24) is 9.13 Å². The zero-order valence-electron chi connectivity index (χ0n) is 15.9. The van der Waals surface area contributed by atoms with Crippen LogP contribution < -0.4 is 0 Å². The quantitative estimate of drug-likeness (QED) is 0.339. The lowest BCUT2D eigenvalue weighted by atomic mass is 10.1.